The van der Waals surface area contributed by atoms with Crippen molar-refractivity contribution in [3.8, 4) is 0 Å². The van der Waals surface area contributed by atoms with Gasteiger partial charge in [0.15, 0.2) is 0 Å². The molecule has 1 unspecified atom stereocenters. The first-order chi connectivity index (χ1) is 5.43. The quantitative estimate of drug-likeness (QED) is 0.499. The van der Waals surface area contributed by atoms with Crippen molar-refractivity contribution in [1.82, 2.24) is 0 Å². The van der Waals surface area contributed by atoms with Crippen LogP contribution in [0.5, 0.6) is 0 Å². The van der Waals surface area contributed by atoms with E-state index in [4.69, 9.17) is 0 Å². The molecule has 0 spiro atoms. The van der Waals surface area contributed by atoms with Crippen molar-refractivity contribution in [2.75, 3.05) is 0 Å². The van der Waals surface area contributed by atoms with Crippen LogP contribution in [0.4, 0.5) is 0 Å². The van der Waals surface area contributed by atoms with Gasteiger partial charge in [-0.25, -0.2) is 0 Å². The molecular formula is C11H20. The van der Waals surface area contributed by atoms with E-state index in [1.54, 1.807) is 0 Å². The summed E-state index contributed by atoms with van der Waals surface area (Å²) >= 11 is 0. The molecule has 0 fully saturated rings. The Balaban J connectivity index is 2.30. The van der Waals surface area contributed by atoms with Crippen LogP contribution < -0.4 is 0 Å². The molecule has 0 heterocycles. The largest absolute Gasteiger partial charge is 0.0885 e. The zero-order valence-corrected chi connectivity index (χ0v) is 7.68. The Hall–Kier alpha value is -0.260. The lowest BCUT2D eigenvalue weighted by Gasteiger charge is -2.10. The Morgan fingerprint density at radius 2 is 2.09 bits per heavy atom. The van der Waals surface area contributed by atoms with Crippen LogP contribution in [0.3, 0.4) is 0 Å². The fourth-order valence-corrected chi connectivity index (χ4v) is 1.77. The van der Waals surface area contributed by atoms with Crippen molar-refractivity contribution >= 4 is 0 Å². The third kappa shape index (κ3) is 3.60. The van der Waals surface area contributed by atoms with E-state index in [-0.39, 0.29) is 0 Å². The van der Waals surface area contributed by atoms with Gasteiger partial charge in [0.2, 0.25) is 0 Å². The van der Waals surface area contributed by atoms with Crippen molar-refractivity contribution in [3.63, 3.8) is 0 Å². The van der Waals surface area contributed by atoms with Crippen LogP contribution in [0.2, 0.25) is 0 Å². The minimum absolute atomic E-state index is 0.976. The normalized spacial score (nSPS) is 27.2. The van der Waals surface area contributed by atoms with Crippen molar-refractivity contribution in [2.45, 2.75) is 51.9 Å². The molecule has 0 nitrogen and oxygen atoms in total. The number of hydrogen-bond acceptors (Lipinski definition) is 0. The van der Waals surface area contributed by atoms with E-state index in [0.29, 0.717) is 0 Å². The van der Waals surface area contributed by atoms with Gasteiger partial charge in [-0.15, -0.1) is 0 Å². The highest BCUT2D eigenvalue weighted by atomic mass is 14.1. The molecule has 0 aromatic carbocycles. The maximum atomic E-state index is 2.39. The van der Waals surface area contributed by atoms with Crippen LogP contribution in [-0.2, 0) is 0 Å². The van der Waals surface area contributed by atoms with E-state index in [9.17, 15) is 0 Å². The second kappa shape index (κ2) is 5.40. The van der Waals surface area contributed by atoms with Crippen LogP contribution in [-0.4, -0.2) is 0 Å². The highest BCUT2D eigenvalue weighted by Crippen LogP contribution is 2.20. The van der Waals surface area contributed by atoms with E-state index >= 15 is 0 Å². The number of rotatable bonds is 1. The highest BCUT2D eigenvalue weighted by molar-refractivity contribution is 4.84. The van der Waals surface area contributed by atoms with Gasteiger partial charge in [0.25, 0.3) is 0 Å². The van der Waals surface area contributed by atoms with E-state index in [1.165, 1.54) is 44.9 Å². The average molecular weight is 152 g/mol. The van der Waals surface area contributed by atoms with Gasteiger partial charge >= 0.3 is 0 Å². The lowest BCUT2D eigenvalue weighted by Crippen LogP contribution is -1.95. The van der Waals surface area contributed by atoms with E-state index in [1.807, 2.05) is 0 Å². The molecule has 64 valence electrons. The third-order valence-electron chi connectivity index (χ3n) is 2.70. The highest BCUT2D eigenvalue weighted by Gasteiger charge is 2.04. The summed E-state index contributed by atoms with van der Waals surface area (Å²) in [5.74, 6) is 0.976. The predicted octanol–water partition coefficient (Wildman–Crippen LogP) is 3.92. The smallest absolute Gasteiger partial charge is 0.0322 e. The summed E-state index contributed by atoms with van der Waals surface area (Å²) in [6.45, 7) is 2.32. The SMILES string of the molecule is CCC1CC=CCCCCC1. The fraction of sp³-hybridized carbons (Fsp3) is 0.818. The molecule has 0 bridgehead atoms. The molecular weight excluding hydrogens is 132 g/mol. The average Bonchev–Trinajstić information content (AvgIpc) is 2.16. The second-order valence-corrected chi connectivity index (χ2v) is 3.62. The second-order valence-electron chi connectivity index (χ2n) is 3.62. The first-order valence-corrected chi connectivity index (χ1v) is 5.08. The van der Waals surface area contributed by atoms with E-state index < -0.39 is 0 Å². The molecule has 1 rings (SSSR count). The first kappa shape index (κ1) is 8.83. The molecule has 0 N–H and O–H groups in total. The molecule has 11 heavy (non-hydrogen) atoms. The summed E-state index contributed by atoms with van der Waals surface area (Å²) in [5, 5.41) is 0. The molecule has 0 saturated heterocycles. The van der Waals surface area contributed by atoms with E-state index in [2.05, 4.69) is 19.1 Å². The van der Waals surface area contributed by atoms with Crippen LogP contribution in [0.15, 0.2) is 12.2 Å². The molecule has 0 heteroatoms. The Morgan fingerprint density at radius 3 is 2.91 bits per heavy atom. The predicted molar refractivity (Wildman–Crippen MR) is 50.6 cm³/mol. The molecule has 0 amide bonds. The van der Waals surface area contributed by atoms with Gasteiger partial charge in [-0.1, -0.05) is 44.8 Å². The van der Waals surface area contributed by atoms with Gasteiger partial charge in [-0.2, -0.15) is 0 Å². The van der Waals surface area contributed by atoms with Crippen molar-refractivity contribution in [1.29, 1.82) is 0 Å². The van der Waals surface area contributed by atoms with Gasteiger partial charge in [0.05, 0.1) is 0 Å². The summed E-state index contributed by atoms with van der Waals surface area (Å²) in [6, 6.07) is 0. The van der Waals surface area contributed by atoms with Crippen LogP contribution in [0.1, 0.15) is 51.9 Å². The van der Waals surface area contributed by atoms with Gasteiger partial charge in [0.1, 0.15) is 0 Å². The van der Waals surface area contributed by atoms with Crippen molar-refractivity contribution in [3.05, 3.63) is 12.2 Å². The summed E-state index contributed by atoms with van der Waals surface area (Å²) in [4.78, 5) is 0. The minimum atomic E-state index is 0.976. The van der Waals surface area contributed by atoms with Crippen LogP contribution in [0, 0.1) is 5.92 Å². The zero-order valence-electron chi connectivity index (χ0n) is 7.68. The summed E-state index contributed by atoms with van der Waals surface area (Å²) in [7, 11) is 0. The maximum Gasteiger partial charge on any atom is -0.0322 e. The standard InChI is InChI=1S/C11H20/c1-2-11-9-7-5-3-4-6-8-10-11/h5,7,11H,2-4,6,8-10H2,1H3. The Kier molecular flexibility index (Phi) is 4.33. The number of hydrogen-bond donors (Lipinski definition) is 0. The van der Waals surface area contributed by atoms with E-state index in [0.717, 1.165) is 5.92 Å². The summed E-state index contributed by atoms with van der Waals surface area (Å²) in [6.07, 6.45) is 14.5. The maximum absolute atomic E-state index is 2.39. The molecule has 1 aliphatic rings. The summed E-state index contributed by atoms with van der Waals surface area (Å²) in [5.41, 5.74) is 0. The molecule has 0 saturated carbocycles. The third-order valence-corrected chi connectivity index (χ3v) is 2.70. The first-order valence-electron chi connectivity index (χ1n) is 5.08. The number of allylic oxidation sites excluding steroid dienone is 2. The van der Waals surface area contributed by atoms with Crippen LogP contribution in [0.25, 0.3) is 0 Å². The Labute approximate surface area is 70.7 Å². The van der Waals surface area contributed by atoms with Crippen molar-refractivity contribution in [2.24, 2.45) is 5.92 Å². The monoisotopic (exact) mass is 152 g/mol. The molecule has 0 aromatic rings. The fourth-order valence-electron chi connectivity index (χ4n) is 1.77. The van der Waals surface area contributed by atoms with Gasteiger partial charge in [0, 0.05) is 0 Å². The molecule has 0 aliphatic heterocycles. The van der Waals surface area contributed by atoms with Gasteiger partial charge < -0.3 is 0 Å². The Morgan fingerprint density at radius 1 is 1.18 bits per heavy atom. The van der Waals surface area contributed by atoms with Crippen molar-refractivity contribution < 1.29 is 0 Å². The lowest BCUT2D eigenvalue weighted by molar-refractivity contribution is 0.452. The van der Waals surface area contributed by atoms with Gasteiger partial charge in [-0.05, 0) is 25.2 Å². The van der Waals surface area contributed by atoms with Crippen LogP contribution >= 0.6 is 0 Å². The lowest BCUT2D eigenvalue weighted by atomic mass is 9.96. The van der Waals surface area contributed by atoms with Gasteiger partial charge in [-0.3, -0.25) is 0 Å². The molecule has 1 atom stereocenters. The minimum Gasteiger partial charge on any atom is -0.0885 e. The molecule has 0 aromatic heterocycles. The topological polar surface area (TPSA) is 0 Å². The summed E-state index contributed by atoms with van der Waals surface area (Å²) < 4.78 is 0. The Bertz CT molecular complexity index is 113. The zero-order chi connectivity index (χ0) is 7.94. The molecule has 1 aliphatic carbocycles. The molecule has 0 radical (unpaired) electrons.